The maximum absolute atomic E-state index is 13.5. The molecule has 2 heterocycles. The van der Waals surface area contributed by atoms with Gasteiger partial charge >= 0.3 is 6.18 Å². The van der Waals surface area contributed by atoms with Crippen LogP contribution in [0.5, 0.6) is 0 Å². The van der Waals surface area contributed by atoms with Gasteiger partial charge in [0.1, 0.15) is 0 Å². The standard InChI is InChI=1S/C23H24F3N3O/c1-21(2)10-15-17(16(30)11-21)22(3,13-5-4-6-14(9-13)23(24,25)26)18-19(12-7-8-12)28-29-20(18)27-15/h4-6,9,12H,7-8,10-11H2,1-3H3,(H2,27,28,29)/t22-/m1/s1. The van der Waals surface area contributed by atoms with Crippen molar-refractivity contribution in [2.45, 2.75) is 64.0 Å². The van der Waals surface area contributed by atoms with E-state index in [4.69, 9.17) is 0 Å². The SMILES string of the molecule is CC1(C)CC(=O)C2=C(C1)Nc1n[nH]c(C3CC3)c1[C@]2(C)c1cccc(C(F)(F)F)c1. The average Bonchev–Trinajstić information content (AvgIpc) is 3.39. The number of ketones is 1. The smallest absolute Gasteiger partial charge is 0.342 e. The third-order valence-corrected chi connectivity index (χ3v) is 6.69. The van der Waals surface area contributed by atoms with Crippen molar-refractivity contribution in [3.05, 3.63) is 57.9 Å². The number of halogens is 3. The molecule has 158 valence electrons. The quantitative estimate of drug-likeness (QED) is 0.663. The van der Waals surface area contributed by atoms with Crippen molar-refractivity contribution in [3.8, 4) is 0 Å². The van der Waals surface area contributed by atoms with Crippen LogP contribution in [0.15, 0.2) is 35.5 Å². The summed E-state index contributed by atoms with van der Waals surface area (Å²) in [7, 11) is 0. The van der Waals surface area contributed by atoms with E-state index in [0.717, 1.165) is 35.9 Å². The summed E-state index contributed by atoms with van der Waals surface area (Å²) in [5.41, 5.74) is 1.67. The van der Waals surface area contributed by atoms with E-state index >= 15 is 0 Å². The molecule has 0 spiro atoms. The molecule has 1 aromatic heterocycles. The minimum absolute atomic E-state index is 0.0118. The number of carbonyl (C=O) groups is 1. The van der Waals surface area contributed by atoms with Gasteiger partial charge in [-0.3, -0.25) is 9.89 Å². The Hall–Kier alpha value is -2.57. The van der Waals surface area contributed by atoms with Crippen LogP contribution in [0, 0.1) is 5.41 Å². The number of nitrogens with one attached hydrogen (secondary N) is 2. The minimum Gasteiger partial charge on any atom is -0.342 e. The molecule has 0 amide bonds. The van der Waals surface area contributed by atoms with Crippen LogP contribution in [-0.2, 0) is 16.4 Å². The number of H-pyrrole nitrogens is 1. The molecule has 7 heteroatoms. The molecular weight excluding hydrogens is 391 g/mol. The molecule has 0 unspecified atom stereocenters. The van der Waals surface area contributed by atoms with Crippen LogP contribution in [0.2, 0.25) is 0 Å². The highest BCUT2D eigenvalue weighted by molar-refractivity contribution is 6.03. The summed E-state index contributed by atoms with van der Waals surface area (Å²) in [5.74, 6) is 0.925. The van der Waals surface area contributed by atoms with Gasteiger partial charge in [0, 0.05) is 34.9 Å². The number of nitrogens with zero attached hydrogens (tertiary/aromatic N) is 1. The zero-order valence-corrected chi connectivity index (χ0v) is 17.2. The molecule has 0 saturated heterocycles. The number of Topliss-reactive ketones (excluding diaryl/α,β-unsaturated/α-hetero) is 1. The van der Waals surface area contributed by atoms with E-state index in [1.807, 2.05) is 20.8 Å². The lowest BCUT2D eigenvalue weighted by Crippen LogP contribution is -2.42. The molecular formula is C23H24F3N3O. The molecule has 30 heavy (non-hydrogen) atoms. The summed E-state index contributed by atoms with van der Waals surface area (Å²) in [6.45, 7) is 5.95. The number of allylic oxidation sites excluding steroid dienone is 2. The van der Waals surface area contributed by atoms with Crippen molar-refractivity contribution in [3.63, 3.8) is 0 Å². The molecule has 1 saturated carbocycles. The monoisotopic (exact) mass is 415 g/mol. The Morgan fingerprint density at radius 1 is 1.13 bits per heavy atom. The van der Waals surface area contributed by atoms with Crippen molar-refractivity contribution >= 4 is 11.6 Å². The van der Waals surface area contributed by atoms with Gasteiger partial charge in [0.25, 0.3) is 0 Å². The predicted molar refractivity (Wildman–Crippen MR) is 107 cm³/mol. The molecule has 3 aliphatic rings. The Balaban J connectivity index is 1.78. The molecule has 0 bridgehead atoms. The number of hydrogen-bond acceptors (Lipinski definition) is 3. The number of aromatic amines is 1. The molecule has 1 fully saturated rings. The van der Waals surface area contributed by atoms with Gasteiger partial charge in [-0.1, -0.05) is 32.0 Å². The number of aromatic nitrogens is 2. The van der Waals surface area contributed by atoms with E-state index in [1.165, 1.54) is 12.1 Å². The molecule has 2 aliphatic carbocycles. The fraction of sp³-hybridized carbons (Fsp3) is 0.478. The van der Waals surface area contributed by atoms with Crippen molar-refractivity contribution in [2.75, 3.05) is 5.32 Å². The first-order valence-electron chi connectivity index (χ1n) is 10.3. The first-order valence-corrected chi connectivity index (χ1v) is 10.3. The van der Waals surface area contributed by atoms with Crippen LogP contribution in [0.4, 0.5) is 19.0 Å². The van der Waals surface area contributed by atoms with Crippen LogP contribution < -0.4 is 5.32 Å². The Morgan fingerprint density at radius 2 is 1.87 bits per heavy atom. The normalized spacial score (nSPS) is 25.6. The topological polar surface area (TPSA) is 57.8 Å². The van der Waals surface area contributed by atoms with E-state index < -0.39 is 17.2 Å². The predicted octanol–water partition coefficient (Wildman–Crippen LogP) is 5.68. The van der Waals surface area contributed by atoms with E-state index in [0.29, 0.717) is 35.7 Å². The number of anilines is 1. The number of hydrogen-bond donors (Lipinski definition) is 2. The van der Waals surface area contributed by atoms with Gasteiger partial charge in [0.15, 0.2) is 11.6 Å². The highest BCUT2D eigenvalue weighted by Gasteiger charge is 2.51. The van der Waals surface area contributed by atoms with Crippen molar-refractivity contribution in [2.24, 2.45) is 5.41 Å². The van der Waals surface area contributed by atoms with Gasteiger partial charge in [0.05, 0.1) is 11.0 Å². The second-order valence-electron chi connectivity index (χ2n) is 9.76. The first-order chi connectivity index (χ1) is 14.0. The molecule has 4 nitrogen and oxygen atoms in total. The van der Waals surface area contributed by atoms with Gasteiger partial charge < -0.3 is 5.32 Å². The van der Waals surface area contributed by atoms with Crippen LogP contribution in [0.1, 0.15) is 74.8 Å². The Bertz CT molecular complexity index is 1090. The molecule has 1 aliphatic heterocycles. The molecule has 2 aromatic rings. The highest BCUT2D eigenvalue weighted by atomic mass is 19.4. The Kier molecular flexibility index (Phi) is 3.87. The van der Waals surface area contributed by atoms with Crippen LogP contribution in [0.3, 0.4) is 0 Å². The van der Waals surface area contributed by atoms with Crippen LogP contribution >= 0.6 is 0 Å². The van der Waals surface area contributed by atoms with Crippen LogP contribution in [-0.4, -0.2) is 16.0 Å². The molecule has 5 rings (SSSR count). The van der Waals surface area contributed by atoms with E-state index in [2.05, 4.69) is 15.5 Å². The average molecular weight is 415 g/mol. The summed E-state index contributed by atoms with van der Waals surface area (Å²) in [6, 6.07) is 5.40. The Labute approximate surface area is 172 Å². The lowest BCUT2D eigenvalue weighted by Gasteiger charge is -2.44. The second kappa shape index (κ2) is 5.99. The van der Waals surface area contributed by atoms with Gasteiger partial charge in [-0.2, -0.15) is 18.3 Å². The Morgan fingerprint density at radius 3 is 2.53 bits per heavy atom. The zero-order chi connectivity index (χ0) is 21.5. The number of alkyl halides is 3. The highest BCUT2D eigenvalue weighted by Crippen LogP contribution is 2.56. The zero-order valence-electron chi connectivity index (χ0n) is 17.2. The fourth-order valence-corrected chi connectivity index (χ4v) is 5.19. The summed E-state index contributed by atoms with van der Waals surface area (Å²) in [4.78, 5) is 13.4. The maximum Gasteiger partial charge on any atom is 0.416 e. The molecule has 2 N–H and O–H groups in total. The summed E-state index contributed by atoms with van der Waals surface area (Å²) in [5, 5.41) is 10.9. The third kappa shape index (κ3) is 2.81. The van der Waals surface area contributed by atoms with Crippen molar-refractivity contribution in [1.29, 1.82) is 0 Å². The summed E-state index contributed by atoms with van der Waals surface area (Å²) >= 11 is 0. The van der Waals surface area contributed by atoms with E-state index in [-0.39, 0.29) is 11.2 Å². The summed E-state index contributed by atoms with van der Waals surface area (Å²) < 4.78 is 40.5. The fourth-order valence-electron chi connectivity index (χ4n) is 5.19. The minimum atomic E-state index is -4.45. The number of benzene rings is 1. The maximum atomic E-state index is 13.5. The van der Waals surface area contributed by atoms with Gasteiger partial charge in [0.2, 0.25) is 0 Å². The lowest BCUT2D eigenvalue weighted by molar-refractivity contribution is -0.137. The van der Waals surface area contributed by atoms with Crippen molar-refractivity contribution < 1.29 is 18.0 Å². The van der Waals surface area contributed by atoms with Gasteiger partial charge in [-0.05, 0) is 43.2 Å². The molecule has 0 radical (unpaired) electrons. The molecule has 1 atom stereocenters. The van der Waals surface area contributed by atoms with Crippen LogP contribution in [0.25, 0.3) is 0 Å². The number of carbonyl (C=O) groups excluding carboxylic acids is 1. The number of fused-ring (bicyclic) bond motifs is 1. The lowest BCUT2D eigenvalue weighted by atomic mass is 9.61. The van der Waals surface area contributed by atoms with Crippen molar-refractivity contribution in [1.82, 2.24) is 10.2 Å². The van der Waals surface area contributed by atoms with E-state index in [9.17, 15) is 18.0 Å². The summed E-state index contributed by atoms with van der Waals surface area (Å²) in [6.07, 6.45) is -1.41. The third-order valence-electron chi connectivity index (χ3n) is 6.69. The first kappa shape index (κ1) is 19.4. The largest absolute Gasteiger partial charge is 0.416 e. The molecule has 1 aromatic carbocycles. The van der Waals surface area contributed by atoms with Gasteiger partial charge in [-0.25, -0.2) is 0 Å². The second-order valence-corrected chi connectivity index (χ2v) is 9.76. The van der Waals surface area contributed by atoms with Gasteiger partial charge in [-0.15, -0.1) is 0 Å². The number of rotatable bonds is 2. The van der Waals surface area contributed by atoms with E-state index in [1.54, 1.807) is 6.07 Å².